The first-order valence-electron chi connectivity index (χ1n) is 9.34. The van der Waals surface area contributed by atoms with E-state index >= 15 is 0 Å². The van der Waals surface area contributed by atoms with Crippen LogP contribution in [0, 0.1) is 11.8 Å². The average Bonchev–Trinajstić information content (AvgIpc) is 2.60. The van der Waals surface area contributed by atoms with E-state index in [4.69, 9.17) is 4.74 Å². The minimum atomic E-state index is 0.0143. The van der Waals surface area contributed by atoms with Crippen molar-refractivity contribution in [2.75, 3.05) is 19.7 Å². The molecule has 1 unspecified atom stereocenters. The first-order valence-corrected chi connectivity index (χ1v) is 9.34. The van der Waals surface area contributed by atoms with Crippen LogP contribution in [0.2, 0.25) is 0 Å². The van der Waals surface area contributed by atoms with Crippen molar-refractivity contribution in [1.82, 2.24) is 10.6 Å². The third-order valence-corrected chi connectivity index (χ3v) is 4.49. The van der Waals surface area contributed by atoms with Gasteiger partial charge in [-0.2, -0.15) is 0 Å². The zero-order valence-electron chi connectivity index (χ0n) is 15.3. The molecule has 1 heterocycles. The van der Waals surface area contributed by atoms with Gasteiger partial charge in [-0.3, -0.25) is 4.79 Å². The van der Waals surface area contributed by atoms with Crippen molar-refractivity contribution in [2.45, 2.75) is 52.5 Å². The van der Waals surface area contributed by atoms with Crippen LogP contribution in [-0.4, -0.2) is 25.6 Å². The third kappa shape index (κ3) is 5.52. The van der Waals surface area contributed by atoms with E-state index < -0.39 is 0 Å². The highest BCUT2D eigenvalue weighted by Gasteiger charge is 2.25. The number of hydrogen-bond acceptors (Lipinski definition) is 3. The molecule has 0 bridgehead atoms. The SMILES string of the molecule is CCCOc1ccccc1C(CC(C)C)NC(=O)C1CCNCC1. The summed E-state index contributed by atoms with van der Waals surface area (Å²) in [5.41, 5.74) is 1.10. The van der Waals surface area contributed by atoms with Crippen molar-refractivity contribution in [1.29, 1.82) is 0 Å². The number of ether oxygens (including phenoxy) is 1. The van der Waals surface area contributed by atoms with Crippen molar-refractivity contribution >= 4 is 5.91 Å². The Bertz CT molecular complexity index is 510. The van der Waals surface area contributed by atoms with E-state index in [2.05, 4.69) is 37.5 Å². The van der Waals surface area contributed by atoms with E-state index in [1.807, 2.05) is 18.2 Å². The van der Waals surface area contributed by atoms with Crippen LogP contribution in [0.1, 0.15) is 58.1 Å². The van der Waals surface area contributed by atoms with Gasteiger partial charge >= 0.3 is 0 Å². The second-order valence-electron chi connectivity index (χ2n) is 7.10. The van der Waals surface area contributed by atoms with Crippen LogP contribution in [0.3, 0.4) is 0 Å². The molecule has 1 aromatic rings. The van der Waals surface area contributed by atoms with Crippen molar-refractivity contribution in [3.05, 3.63) is 29.8 Å². The quantitative estimate of drug-likeness (QED) is 0.763. The molecule has 1 saturated heterocycles. The number of hydrogen-bond donors (Lipinski definition) is 2. The predicted octanol–water partition coefficient (Wildman–Crippen LogP) is 3.68. The van der Waals surface area contributed by atoms with Gasteiger partial charge in [-0.15, -0.1) is 0 Å². The Morgan fingerprint density at radius 1 is 1.29 bits per heavy atom. The summed E-state index contributed by atoms with van der Waals surface area (Å²) in [5, 5.41) is 6.62. The van der Waals surface area contributed by atoms with Gasteiger partial charge in [0.2, 0.25) is 5.91 Å². The molecular weight excluding hydrogens is 300 g/mol. The molecule has 1 atom stereocenters. The van der Waals surface area contributed by atoms with Crippen molar-refractivity contribution < 1.29 is 9.53 Å². The Morgan fingerprint density at radius 3 is 2.67 bits per heavy atom. The minimum absolute atomic E-state index is 0.0143. The Morgan fingerprint density at radius 2 is 2.00 bits per heavy atom. The van der Waals surface area contributed by atoms with Gasteiger partial charge < -0.3 is 15.4 Å². The molecule has 4 heteroatoms. The van der Waals surface area contributed by atoms with E-state index in [0.717, 1.165) is 50.1 Å². The van der Waals surface area contributed by atoms with Crippen LogP contribution in [0.15, 0.2) is 24.3 Å². The summed E-state index contributed by atoms with van der Waals surface area (Å²) in [6.45, 7) is 9.06. The summed E-state index contributed by atoms with van der Waals surface area (Å²) < 4.78 is 5.91. The number of para-hydroxylation sites is 1. The lowest BCUT2D eigenvalue weighted by Gasteiger charge is -2.27. The highest BCUT2D eigenvalue weighted by atomic mass is 16.5. The zero-order valence-corrected chi connectivity index (χ0v) is 15.3. The summed E-state index contributed by atoms with van der Waals surface area (Å²) in [4.78, 5) is 12.7. The first kappa shape index (κ1) is 18.8. The Labute approximate surface area is 146 Å². The van der Waals surface area contributed by atoms with Crippen LogP contribution in [0.25, 0.3) is 0 Å². The van der Waals surface area contributed by atoms with Gasteiger partial charge in [-0.25, -0.2) is 0 Å². The molecule has 1 aromatic carbocycles. The van der Waals surface area contributed by atoms with Crippen LogP contribution < -0.4 is 15.4 Å². The number of amides is 1. The maximum atomic E-state index is 12.7. The van der Waals surface area contributed by atoms with E-state index in [9.17, 15) is 4.79 Å². The van der Waals surface area contributed by atoms with Crippen LogP contribution in [0.5, 0.6) is 5.75 Å². The standard InChI is InChI=1S/C20H32N2O2/c1-4-13-24-19-8-6-5-7-17(19)18(14-15(2)3)22-20(23)16-9-11-21-12-10-16/h5-8,15-16,18,21H,4,9-14H2,1-3H3,(H,22,23). The van der Waals surface area contributed by atoms with Crippen LogP contribution in [0.4, 0.5) is 0 Å². The summed E-state index contributed by atoms with van der Waals surface area (Å²) >= 11 is 0. The van der Waals surface area contributed by atoms with Gasteiger partial charge in [0.1, 0.15) is 5.75 Å². The summed E-state index contributed by atoms with van der Waals surface area (Å²) in [5.74, 6) is 1.72. The fraction of sp³-hybridized carbons (Fsp3) is 0.650. The van der Waals surface area contributed by atoms with Crippen LogP contribution in [-0.2, 0) is 4.79 Å². The largest absolute Gasteiger partial charge is 0.493 e. The third-order valence-electron chi connectivity index (χ3n) is 4.49. The number of rotatable bonds is 8. The molecule has 1 aliphatic rings. The molecule has 2 rings (SSSR count). The topological polar surface area (TPSA) is 50.4 Å². The highest BCUT2D eigenvalue weighted by molar-refractivity contribution is 5.79. The molecule has 1 fully saturated rings. The molecule has 24 heavy (non-hydrogen) atoms. The van der Waals surface area contributed by atoms with Crippen molar-refractivity contribution in [3.8, 4) is 5.75 Å². The van der Waals surface area contributed by atoms with Crippen molar-refractivity contribution in [3.63, 3.8) is 0 Å². The van der Waals surface area contributed by atoms with Crippen LogP contribution >= 0.6 is 0 Å². The monoisotopic (exact) mass is 332 g/mol. The fourth-order valence-electron chi connectivity index (χ4n) is 3.22. The number of carbonyl (C=O) groups excluding carboxylic acids is 1. The second kappa shape index (κ2) is 9.67. The smallest absolute Gasteiger partial charge is 0.223 e. The molecule has 0 saturated carbocycles. The molecule has 2 N–H and O–H groups in total. The molecule has 0 aromatic heterocycles. The molecule has 0 aliphatic carbocycles. The van der Waals surface area contributed by atoms with Gasteiger partial charge in [-0.05, 0) is 50.8 Å². The van der Waals surface area contributed by atoms with E-state index in [1.54, 1.807) is 0 Å². The summed E-state index contributed by atoms with van der Waals surface area (Å²) in [6.07, 6.45) is 3.75. The average molecular weight is 332 g/mol. The Balaban J connectivity index is 2.14. The van der Waals surface area contributed by atoms with Gasteiger partial charge in [0.05, 0.1) is 12.6 Å². The van der Waals surface area contributed by atoms with E-state index in [1.165, 1.54) is 0 Å². The molecule has 1 amide bonds. The maximum Gasteiger partial charge on any atom is 0.223 e. The normalized spacial score (nSPS) is 16.8. The lowest BCUT2D eigenvalue weighted by atomic mass is 9.93. The fourth-order valence-corrected chi connectivity index (χ4v) is 3.22. The highest BCUT2D eigenvalue weighted by Crippen LogP contribution is 2.30. The molecule has 0 spiro atoms. The number of carbonyl (C=O) groups is 1. The zero-order chi connectivity index (χ0) is 17.4. The lowest BCUT2D eigenvalue weighted by molar-refractivity contribution is -0.126. The Kier molecular flexibility index (Phi) is 7.57. The van der Waals surface area contributed by atoms with Gasteiger partial charge in [0, 0.05) is 11.5 Å². The summed E-state index contributed by atoms with van der Waals surface area (Å²) in [6, 6.07) is 8.13. The molecule has 4 nitrogen and oxygen atoms in total. The van der Waals surface area contributed by atoms with E-state index in [-0.39, 0.29) is 17.9 Å². The number of piperidine rings is 1. The first-order chi connectivity index (χ1) is 11.6. The molecule has 1 aliphatic heterocycles. The molecule has 0 radical (unpaired) electrons. The number of nitrogens with one attached hydrogen (secondary N) is 2. The maximum absolute atomic E-state index is 12.7. The van der Waals surface area contributed by atoms with E-state index in [0.29, 0.717) is 12.5 Å². The van der Waals surface area contributed by atoms with Gasteiger partial charge in [0.15, 0.2) is 0 Å². The van der Waals surface area contributed by atoms with Gasteiger partial charge in [-0.1, -0.05) is 39.0 Å². The minimum Gasteiger partial charge on any atom is -0.493 e. The predicted molar refractivity (Wildman–Crippen MR) is 98.2 cm³/mol. The second-order valence-corrected chi connectivity index (χ2v) is 7.10. The number of benzene rings is 1. The van der Waals surface area contributed by atoms with Crippen molar-refractivity contribution in [2.24, 2.45) is 11.8 Å². The lowest BCUT2D eigenvalue weighted by Crippen LogP contribution is -2.40. The molecule has 134 valence electrons. The Hall–Kier alpha value is -1.55. The molecular formula is C20H32N2O2. The summed E-state index contributed by atoms with van der Waals surface area (Å²) in [7, 11) is 0. The van der Waals surface area contributed by atoms with Gasteiger partial charge in [0.25, 0.3) is 0 Å².